The van der Waals surface area contributed by atoms with Crippen LogP contribution < -0.4 is 9.47 Å². The van der Waals surface area contributed by atoms with Crippen LogP contribution >= 0.6 is 0 Å². The molecular formula is C17H25NO3. The number of ether oxygens (including phenoxy) is 2. The summed E-state index contributed by atoms with van der Waals surface area (Å²) >= 11 is 0. The molecule has 0 bridgehead atoms. The molecule has 21 heavy (non-hydrogen) atoms. The van der Waals surface area contributed by atoms with Crippen LogP contribution in [-0.4, -0.2) is 24.1 Å². The molecule has 0 spiro atoms. The maximum absolute atomic E-state index is 9.09. The summed E-state index contributed by atoms with van der Waals surface area (Å²) in [4.78, 5) is 0. The molecule has 0 heterocycles. The highest BCUT2D eigenvalue weighted by Crippen LogP contribution is 2.32. The summed E-state index contributed by atoms with van der Waals surface area (Å²) in [5.41, 5.74) is 1.84. The molecule has 1 aromatic carbocycles. The molecule has 1 aliphatic rings. The zero-order valence-electron chi connectivity index (χ0n) is 13.1. The standard InChI is InChI=1S/C17H25NO3/c1-12(2)15(18-19)10-13-8-9-16(20-3)17(11-13)21-14-6-4-5-7-14/h8-9,11-12,14,19H,4-7,10H2,1-3H3. The first-order valence-electron chi connectivity index (χ1n) is 7.68. The number of hydrogen-bond acceptors (Lipinski definition) is 4. The van der Waals surface area contributed by atoms with E-state index >= 15 is 0 Å². The molecule has 1 aromatic rings. The van der Waals surface area contributed by atoms with Gasteiger partial charge in [0.15, 0.2) is 11.5 Å². The molecular weight excluding hydrogens is 266 g/mol. The van der Waals surface area contributed by atoms with Gasteiger partial charge in [-0.05, 0) is 49.3 Å². The Bertz CT molecular complexity index is 491. The molecule has 4 heteroatoms. The van der Waals surface area contributed by atoms with Crippen molar-refractivity contribution < 1.29 is 14.7 Å². The van der Waals surface area contributed by atoms with E-state index in [1.54, 1.807) is 7.11 Å². The molecule has 1 aliphatic carbocycles. The van der Waals surface area contributed by atoms with E-state index in [1.807, 2.05) is 32.0 Å². The maximum Gasteiger partial charge on any atom is 0.161 e. The van der Waals surface area contributed by atoms with Crippen LogP contribution in [0.4, 0.5) is 0 Å². The summed E-state index contributed by atoms with van der Waals surface area (Å²) in [7, 11) is 1.66. The van der Waals surface area contributed by atoms with Crippen LogP contribution in [0.5, 0.6) is 11.5 Å². The number of hydrogen-bond donors (Lipinski definition) is 1. The zero-order valence-corrected chi connectivity index (χ0v) is 13.1. The zero-order chi connectivity index (χ0) is 15.2. The SMILES string of the molecule is COc1ccc(CC(=NO)C(C)C)cc1OC1CCCC1. The van der Waals surface area contributed by atoms with Crippen LogP contribution in [0.1, 0.15) is 45.1 Å². The number of benzene rings is 1. The number of oxime groups is 1. The van der Waals surface area contributed by atoms with Gasteiger partial charge in [-0.25, -0.2) is 0 Å². The van der Waals surface area contributed by atoms with Gasteiger partial charge in [0.25, 0.3) is 0 Å². The third-order valence-electron chi connectivity index (χ3n) is 4.00. The summed E-state index contributed by atoms with van der Waals surface area (Å²) in [6.07, 6.45) is 5.62. The molecule has 0 atom stereocenters. The van der Waals surface area contributed by atoms with Gasteiger partial charge in [0.2, 0.25) is 0 Å². The lowest BCUT2D eigenvalue weighted by Gasteiger charge is -2.17. The first-order valence-corrected chi connectivity index (χ1v) is 7.68. The molecule has 0 unspecified atom stereocenters. The summed E-state index contributed by atoms with van der Waals surface area (Å²) in [6, 6.07) is 5.92. The fraction of sp³-hybridized carbons (Fsp3) is 0.588. The highest BCUT2D eigenvalue weighted by molar-refractivity contribution is 5.87. The topological polar surface area (TPSA) is 51.0 Å². The normalized spacial score (nSPS) is 16.5. The fourth-order valence-corrected chi connectivity index (χ4v) is 2.67. The largest absolute Gasteiger partial charge is 0.493 e. The van der Waals surface area contributed by atoms with Crippen LogP contribution in [0.25, 0.3) is 0 Å². The molecule has 0 amide bonds. The first kappa shape index (κ1) is 15.7. The first-order chi connectivity index (χ1) is 10.1. The Morgan fingerprint density at radius 3 is 2.57 bits per heavy atom. The van der Waals surface area contributed by atoms with Crippen molar-refractivity contribution in [2.45, 2.75) is 52.1 Å². The third kappa shape index (κ3) is 4.13. The van der Waals surface area contributed by atoms with E-state index < -0.39 is 0 Å². The van der Waals surface area contributed by atoms with Crippen molar-refractivity contribution in [1.29, 1.82) is 0 Å². The average Bonchev–Trinajstić information content (AvgIpc) is 2.97. The quantitative estimate of drug-likeness (QED) is 0.489. The van der Waals surface area contributed by atoms with E-state index in [4.69, 9.17) is 14.7 Å². The van der Waals surface area contributed by atoms with Gasteiger partial charge >= 0.3 is 0 Å². The maximum atomic E-state index is 9.09. The van der Waals surface area contributed by atoms with Gasteiger partial charge < -0.3 is 14.7 Å². The van der Waals surface area contributed by atoms with Crippen LogP contribution in [0.3, 0.4) is 0 Å². The summed E-state index contributed by atoms with van der Waals surface area (Å²) in [5.74, 6) is 1.77. The molecule has 1 fully saturated rings. The van der Waals surface area contributed by atoms with E-state index in [-0.39, 0.29) is 5.92 Å². The van der Waals surface area contributed by atoms with Crippen molar-refractivity contribution in [3.05, 3.63) is 23.8 Å². The predicted molar refractivity (Wildman–Crippen MR) is 83.6 cm³/mol. The minimum atomic E-state index is 0.219. The van der Waals surface area contributed by atoms with Crippen molar-refractivity contribution in [2.24, 2.45) is 11.1 Å². The molecule has 2 rings (SSSR count). The summed E-state index contributed by atoms with van der Waals surface area (Å²) < 4.78 is 11.5. The lowest BCUT2D eigenvalue weighted by Crippen LogP contribution is -2.13. The van der Waals surface area contributed by atoms with E-state index in [0.717, 1.165) is 35.6 Å². The van der Waals surface area contributed by atoms with Crippen LogP contribution in [0, 0.1) is 5.92 Å². The van der Waals surface area contributed by atoms with Crippen molar-refractivity contribution >= 4 is 5.71 Å². The summed E-state index contributed by atoms with van der Waals surface area (Å²) in [6.45, 7) is 4.04. The molecule has 1 saturated carbocycles. The van der Waals surface area contributed by atoms with E-state index in [1.165, 1.54) is 12.8 Å². The third-order valence-corrected chi connectivity index (χ3v) is 4.00. The van der Waals surface area contributed by atoms with E-state index in [0.29, 0.717) is 12.5 Å². The lowest BCUT2D eigenvalue weighted by atomic mass is 10.00. The smallest absolute Gasteiger partial charge is 0.161 e. The fourth-order valence-electron chi connectivity index (χ4n) is 2.67. The Balaban J connectivity index is 2.16. The second-order valence-electron chi connectivity index (χ2n) is 5.93. The molecule has 4 nitrogen and oxygen atoms in total. The van der Waals surface area contributed by atoms with Gasteiger partial charge in [-0.2, -0.15) is 0 Å². The van der Waals surface area contributed by atoms with E-state index in [2.05, 4.69) is 5.16 Å². The Morgan fingerprint density at radius 2 is 2.00 bits per heavy atom. The minimum Gasteiger partial charge on any atom is -0.493 e. The number of rotatable bonds is 6. The molecule has 116 valence electrons. The van der Waals surface area contributed by atoms with Crippen LogP contribution in [0.15, 0.2) is 23.4 Å². The Labute approximate surface area is 126 Å². The summed E-state index contributed by atoms with van der Waals surface area (Å²) in [5, 5.41) is 12.5. The van der Waals surface area contributed by atoms with Gasteiger partial charge in [0.05, 0.1) is 18.9 Å². The van der Waals surface area contributed by atoms with Crippen molar-refractivity contribution in [3.63, 3.8) is 0 Å². The molecule has 0 aromatic heterocycles. The van der Waals surface area contributed by atoms with Gasteiger partial charge in [-0.15, -0.1) is 0 Å². The highest BCUT2D eigenvalue weighted by atomic mass is 16.5. The van der Waals surface area contributed by atoms with Gasteiger partial charge in [-0.1, -0.05) is 25.1 Å². The molecule has 0 aliphatic heterocycles. The van der Waals surface area contributed by atoms with E-state index in [9.17, 15) is 0 Å². The molecule has 1 N–H and O–H groups in total. The highest BCUT2D eigenvalue weighted by Gasteiger charge is 2.19. The molecule has 0 saturated heterocycles. The second-order valence-corrected chi connectivity index (χ2v) is 5.93. The monoisotopic (exact) mass is 291 g/mol. The Morgan fingerprint density at radius 1 is 1.29 bits per heavy atom. The molecule has 0 radical (unpaired) electrons. The van der Waals surface area contributed by atoms with Crippen molar-refractivity contribution in [1.82, 2.24) is 0 Å². The van der Waals surface area contributed by atoms with Crippen LogP contribution in [0.2, 0.25) is 0 Å². The number of nitrogens with zero attached hydrogens (tertiary/aromatic N) is 1. The Kier molecular flexibility index (Phi) is 5.48. The number of methoxy groups -OCH3 is 1. The lowest BCUT2D eigenvalue weighted by molar-refractivity contribution is 0.200. The van der Waals surface area contributed by atoms with Gasteiger partial charge in [-0.3, -0.25) is 0 Å². The Hall–Kier alpha value is -1.71. The van der Waals surface area contributed by atoms with Gasteiger partial charge in [0.1, 0.15) is 0 Å². The second kappa shape index (κ2) is 7.34. The van der Waals surface area contributed by atoms with Gasteiger partial charge in [0, 0.05) is 6.42 Å². The van der Waals surface area contributed by atoms with Crippen LogP contribution in [-0.2, 0) is 6.42 Å². The minimum absolute atomic E-state index is 0.219. The van der Waals surface area contributed by atoms with Crippen molar-refractivity contribution in [3.8, 4) is 11.5 Å². The average molecular weight is 291 g/mol. The van der Waals surface area contributed by atoms with Crippen molar-refractivity contribution in [2.75, 3.05) is 7.11 Å². The predicted octanol–water partition coefficient (Wildman–Crippen LogP) is 4.05.